The Balaban J connectivity index is 2.63. The molecule has 0 aliphatic rings. The zero-order valence-corrected chi connectivity index (χ0v) is 9.27. The van der Waals surface area contributed by atoms with E-state index in [0.29, 0.717) is 11.5 Å². The summed E-state index contributed by atoms with van der Waals surface area (Å²) in [5.74, 6) is 0.256. The maximum Gasteiger partial charge on any atom is 0.328 e. The van der Waals surface area contributed by atoms with Crippen LogP contribution < -0.4 is 9.47 Å². The molecule has 0 heterocycles. The summed E-state index contributed by atoms with van der Waals surface area (Å²) in [5.41, 5.74) is 1.07. The molecule has 1 rings (SSSR count). The van der Waals surface area contributed by atoms with Gasteiger partial charge in [-0.15, -0.1) is 0 Å². The zero-order chi connectivity index (χ0) is 12.0. The van der Waals surface area contributed by atoms with Gasteiger partial charge in [-0.2, -0.15) is 0 Å². The fourth-order valence-corrected chi connectivity index (χ4v) is 1.18. The molecule has 0 fully saturated rings. The predicted octanol–water partition coefficient (Wildman–Crippen LogP) is 2.02. The lowest BCUT2D eigenvalue weighted by Crippen LogP contribution is -1.98. The Labute approximate surface area is 94.1 Å². The van der Waals surface area contributed by atoms with Crippen LogP contribution in [-0.4, -0.2) is 24.8 Å². The fourth-order valence-electron chi connectivity index (χ4n) is 1.18. The predicted molar refractivity (Wildman–Crippen MR) is 60.0 cm³/mol. The van der Waals surface area contributed by atoms with Crippen LogP contribution in [0.4, 0.5) is 0 Å². The van der Waals surface area contributed by atoms with Crippen molar-refractivity contribution in [2.45, 2.75) is 6.92 Å². The third-order valence-electron chi connectivity index (χ3n) is 1.91. The average Bonchev–Trinajstić information content (AvgIpc) is 2.25. The van der Waals surface area contributed by atoms with Gasteiger partial charge in [0.1, 0.15) is 6.61 Å². The molecule has 0 radical (unpaired) electrons. The molecule has 0 aliphatic heterocycles. The van der Waals surface area contributed by atoms with Crippen molar-refractivity contribution in [2.75, 3.05) is 13.7 Å². The first-order chi connectivity index (χ1) is 7.63. The van der Waals surface area contributed by atoms with E-state index in [4.69, 9.17) is 14.6 Å². The molecule has 0 aromatic heterocycles. The summed E-state index contributed by atoms with van der Waals surface area (Å²) in [6.45, 7) is 2.16. The second kappa shape index (κ2) is 5.80. The first kappa shape index (κ1) is 12.1. The molecular formula is C12H14O4. The van der Waals surface area contributed by atoms with Crippen LogP contribution in [0.15, 0.2) is 30.4 Å². The Morgan fingerprint density at radius 3 is 2.81 bits per heavy atom. The zero-order valence-electron chi connectivity index (χ0n) is 9.27. The number of methoxy groups -OCH3 is 1. The van der Waals surface area contributed by atoms with Crippen LogP contribution in [0, 0.1) is 6.92 Å². The van der Waals surface area contributed by atoms with Crippen LogP contribution in [0.1, 0.15) is 5.56 Å². The van der Waals surface area contributed by atoms with Crippen molar-refractivity contribution in [3.8, 4) is 11.5 Å². The molecule has 0 unspecified atom stereocenters. The van der Waals surface area contributed by atoms with E-state index in [2.05, 4.69) is 0 Å². The number of benzene rings is 1. The Hall–Kier alpha value is -1.97. The van der Waals surface area contributed by atoms with E-state index in [9.17, 15) is 4.79 Å². The van der Waals surface area contributed by atoms with E-state index >= 15 is 0 Å². The number of hydrogen-bond acceptors (Lipinski definition) is 3. The minimum atomic E-state index is -0.987. The van der Waals surface area contributed by atoms with Crippen LogP contribution >= 0.6 is 0 Å². The summed E-state index contributed by atoms with van der Waals surface area (Å²) in [6.07, 6.45) is 2.47. The first-order valence-corrected chi connectivity index (χ1v) is 4.80. The molecule has 16 heavy (non-hydrogen) atoms. The SMILES string of the molecule is COc1cc(C)ccc1OC/C=C/C(=O)O. The number of rotatable bonds is 5. The molecule has 0 saturated heterocycles. The summed E-state index contributed by atoms with van der Waals surface area (Å²) in [4.78, 5) is 10.2. The van der Waals surface area contributed by atoms with Crippen LogP contribution in [-0.2, 0) is 4.79 Å². The molecule has 0 saturated carbocycles. The number of carbonyl (C=O) groups is 1. The van der Waals surface area contributed by atoms with Crippen LogP contribution in [0.3, 0.4) is 0 Å². The van der Waals surface area contributed by atoms with Gasteiger partial charge in [0.25, 0.3) is 0 Å². The highest BCUT2D eigenvalue weighted by atomic mass is 16.5. The number of hydrogen-bond donors (Lipinski definition) is 1. The van der Waals surface area contributed by atoms with E-state index in [1.54, 1.807) is 13.2 Å². The van der Waals surface area contributed by atoms with Crippen molar-refractivity contribution < 1.29 is 19.4 Å². The lowest BCUT2D eigenvalue weighted by Gasteiger charge is -2.09. The summed E-state index contributed by atoms with van der Waals surface area (Å²) in [6, 6.07) is 5.55. The lowest BCUT2D eigenvalue weighted by atomic mass is 10.2. The van der Waals surface area contributed by atoms with E-state index in [1.807, 2.05) is 19.1 Å². The number of aliphatic carboxylic acids is 1. The quantitative estimate of drug-likeness (QED) is 0.774. The van der Waals surface area contributed by atoms with Crippen LogP contribution in [0.5, 0.6) is 11.5 Å². The first-order valence-electron chi connectivity index (χ1n) is 4.80. The van der Waals surface area contributed by atoms with Crippen molar-refractivity contribution in [3.05, 3.63) is 35.9 Å². The molecule has 1 N–H and O–H groups in total. The van der Waals surface area contributed by atoms with E-state index in [0.717, 1.165) is 11.6 Å². The van der Waals surface area contributed by atoms with Crippen molar-refractivity contribution in [1.82, 2.24) is 0 Å². The largest absolute Gasteiger partial charge is 0.493 e. The minimum Gasteiger partial charge on any atom is -0.493 e. The van der Waals surface area contributed by atoms with Gasteiger partial charge in [0.15, 0.2) is 11.5 Å². The summed E-state index contributed by atoms with van der Waals surface area (Å²) >= 11 is 0. The Kier molecular flexibility index (Phi) is 4.39. The molecule has 0 spiro atoms. The van der Waals surface area contributed by atoms with Gasteiger partial charge in [0, 0.05) is 6.08 Å². The van der Waals surface area contributed by atoms with E-state index < -0.39 is 5.97 Å². The highest BCUT2D eigenvalue weighted by molar-refractivity contribution is 5.79. The van der Waals surface area contributed by atoms with Crippen molar-refractivity contribution in [2.24, 2.45) is 0 Å². The molecule has 1 aromatic rings. The average molecular weight is 222 g/mol. The van der Waals surface area contributed by atoms with Crippen molar-refractivity contribution >= 4 is 5.97 Å². The third kappa shape index (κ3) is 3.65. The van der Waals surface area contributed by atoms with Crippen LogP contribution in [0.25, 0.3) is 0 Å². The third-order valence-corrected chi connectivity index (χ3v) is 1.91. The Morgan fingerprint density at radius 1 is 1.44 bits per heavy atom. The van der Waals surface area contributed by atoms with Gasteiger partial charge in [0.05, 0.1) is 7.11 Å². The Morgan fingerprint density at radius 2 is 2.19 bits per heavy atom. The van der Waals surface area contributed by atoms with Crippen molar-refractivity contribution in [3.63, 3.8) is 0 Å². The second-order valence-corrected chi connectivity index (χ2v) is 3.21. The summed E-state index contributed by atoms with van der Waals surface area (Å²) < 4.78 is 10.5. The van der Waals surface area contributed by atoms with Gasteiger partial charge in [-0.05, 0) is 30.7 Å². The highest BCUT2D eigenvalue weighted by Crippen LogP contribution is 2.27. The molecular weight excluding hydrogens is 208 g/mol. The maximum absolute atomic E-state index is 10.2. The summed E-state index contributed by atoms with van der Waals surface area (Å²) in [7, 11) is 1.56. The number of carboxylic acids is 1. The molecule has 0 bridgehead atoms. The second-order valence-electron chi connectivity index (χ2n) is 3.21. The summed E-state index contributed by atoms with van der Waals surface area (Å²) in [5, 5.41) is 8.38. The van der Waals surface area contributed by atoms with Gasteiger partial charge in [0.2, 0.25) is 0 Å². The van der Waals surface area contributed by atoms with Gasteiger partial charge >= 0.3 is 5.97 Å². The van der Waals surface area contributed by atoms with Gasteiger partial charge in [-0.25, -0.2) is 4.79 Å². The topological polar surface area (TPSA) is 55.8 Å². The maximum atomic E-state index is 10.2. The minimum absolute atomic E-state index is 0.200. The molecule has 0 atom stereocenters. The number of carboxylic acid groups (broad SMARTS) is 1. The molecule has 0 aliphatic carbocycles. The lowest BCUT2D eigenvalue weighted by molar-refractivity contribution is -0.131. The smallest absolute Gasteiger partial charge is 0.328 e. The standard InChI is InChI=1S/C12H14O4/c1-9-5-6-10(11(8-9)15-2)16-7-3-4-12(13)14/h3-6,8H,7H2,1-2H3,(H,13,14)/b4-3+. The number of aryl methyl sites for hydroxylation is 1. The molecule has 4 heteroatoms. The van der Waals surface area contributed by atoms with Crippen LogP contribution in [0.2, 0.25) is 0 Å². The van der Waals surface area contributed by atoms with Gasteiger partial charge in [-0.1, -0.05) is 6.07 Å². The molecule has 1 aromatic carbocycles. The van der Waals surface area contributed by atoms with E-state index in [-0.39, 0.29) is 6.61 Å². The molecule has 86 valence electrons. The Bertz CT molecular complexity index is 396. The fraction of sp³-hybridized carbons (Fsp3) is 0.250. The molecule has 0 amide bonds. The number of ether oxygens (including phenoxy) is 2. The van der Waals surface area contributed by atoms with E-state index in [1.165, 1.54) is 6.08 Å². The normalized spacial score (nSPS) is 10.4. The molecule has 4 nitrogen and oxygen atoms in total. The van der Waals surface area contributed by atoms with Crippen molar-refractivity contribution in [1.29, 1.82) is 0 Å². The monoisotopic (exact) mass is 222 g/mol. The van der Waals surface area contributed by atoms with Gasteiger partial charge < -0.3 is 14.6 Å². The van der Waals surface area contributed by atoms with Gasteiger partial charge in [-0.3, -0.25) is 0 Å². The highest BCUT2D eigenvalue weighted by Gasteiger charge is 2.02.